The molecule has 1 aromatic carbocycles. The second-order valence-electron chi connectivity index (χ2n) is 3.17. The molecule has 0 spiro atoms. The Morgan fingerprint density at radius 2 is 2.12 bits per heavy atom. The monoisotopic (exact) mass is 241 g/mol. The fraction of sp³-hybridized carbons (Fsp3) is 0.100. The lowest BCUT2D eigenvalue weighted by atomic mass is 10.2. The summed E-state index contributed by atoms with van der Waals surface area (Å²) in [5.41, 5.74) is 0.683. The van der Waals surface area contributed by atoms with E-state index in [-0.39, 0.29) is 10.6 Å². The van der Waals surface area contributed by atoms with Crippen molar-refractivity contribution in [3.8, 4) is 0 Å². The van der Waals surface area contributed by atoms with Crippen molar-refractivity contribution in [3.63, 3.8) is 0 Å². The maximum Gasteiger partial charge on any atom is 0.296 e. The minimum Gasteiger partial charge on any atom is -0.321 e. The second-order valence-corrected chi connectivity index (χ2v) is 4.56. The van der Waals surface area contributed by atoms with Gasteiger partial charge in [0.05, 0.1) is 5.69 Å². The van der Waals surface area contributed by atoms with Crippen LogP contribution < -0.4 is 5.32 Å². The van der Waals surface area contributed by atoms with Gasteiger partial charge < -0.3 is 5.32 Å². The molecule has 0 radical (unpaired) electrons. The predicted molar refractivity (Wildman–Crippen MR) is 59.8 cm³/mol. The number of hydrogen-bond donors (Lipinski definition) is 2. The van der Waals surface area contributed by atoms with Crippen LogP contribution in [0.15, 0.2) is 35.7 Å². The SMILES string of the molecule is C=CC(=O)Nc1ccc(C)cc1S(=O)(=O)O. The van der Waals surface area contributed by atoms with Gasteiger partial charge in [-0.15, -0.1) is 0 Å². The van der Waals surface area contributed by atoms with E-state index in [1.54, 1.807) is 13.0 Å². The summed E-state index contributed by atoms with van der Waals surface area (Å²) in [4.78, 5) is 10.7. The first-order chi connectivity index (χ1) is 7.34. The molecule has 1 amide bonds. The molecule has 86 valence electrons. The highest BCUT2D eigenvalue weighted by Crippen LogP contribution is 2.22. The number of carbonyl (C=O) groups is 1. The molecule has 1 rings (SSSR count). The average Bonchev–Trinajstić information content (AvgIpc) is 2.19. The lowest BCUT2D eigenvalue weighted by Gasteiger charge is -2.08. The molecule has 0 aromatic heterocycles. The van der Waals surface area contributed by atoms with Crippen LogP contribution in [0.25, 0.3) is 0 Å². The molecule has 0 atom stereocenters. The maximum absolute atomic E-state index is 11.1. The van der Waals surface area contributed by atoms with E-state index in [4.69, 9.17) is 4.55 Å². The van der Waals surface area contributed by atoms with E-state index in [1.165, 1.54) is 12.1 Å². The van der Waals surface area contributed by atoms with Crippen LogP contribution in [0.4, 0.5) is 5.69 Å². The van der Waals surface area contributed by atoms with Crippen LogP contribution in [0.2, 0.25) is 0 Å². The van der Waals surface area contributed by atoms with Crippen LogP contribution in [-0.2, 0) is 14.9 Å². The van der Waals surface area contributed by atoms with Crippen LogP contribution in [0.5, 0.6) is 0 Å². The Kier molecular flexibility index (Phi) is 3.46. The van der Waals surface area contributed by atoms with Crippen LogP contribution in [0, 0.1) is 6.92 Å². The van der Waals surface area contributed by atoms with Gasteiger partial charge in [0.25, 0.3) is 10.1 Å². The topological polar surface area (TPSA) is 83.5 Å². The van der Waals surface area contributed by atoms with E-state index in [0.29, 0.717) is 5.56 Å². The number of benzene rings is 1. The first kappa shape index (κ1) is 12.4. The van der Waals surface area contributed by atoms with Crippen molar-refractivity contribution >= 4 is 21.7 Å². The summed E-state index contributed by atoms with van der Waals surface area (Å²) < 4.78 is 31.1. The first-order valence-electron chi connectivity index (χ1n) is 4.36. The van der Waals surface area contributed by atoms with E-state index in [0.717, 1.165) is 6.08 Å². The molecular formula is C10H11NO4S. The molecule has 0 unspecified atom stereocenters. The van der Waals surface area contributed by atoms with Crippen molar-refractivity contribution in [2.75, 3.05) is 5.32 Å². The Balaban J connectivity index is 3.29. The third-order valence-electron chi connectivity index (χ3n) is 1.86. The number of hydrogen-bond acceptors (Lipinski definition) is 3. The molecule has 2 N–H and O–H groups in total. The Hall–Kier alpha value is -1.66. The molecule has 0 heterocycles. The molecule has 16 heavy (non-hydrogen) atoms. The normalized spacial score (nSPS) is 10.9. The van der Waals surface area contributed by atoms with Gasteiger partial charge >= 0.3 is 0 Å². The molecule has 0 aliphatic heterocycles. The molecule has 6 heteroatoms. The highest BCUT2D eigenvalue weighted by Gasteiger charge is 2.16. The number of amides is 1. The van der Waals surface area contributed by atoms with Crippen LogP contribution >= 0.6 is 0 Å². The Morgan fingerprint density at radius 3 is 2.62 bits per heavy atom. The maximum atomic E-state index is 11.1. The van der Waals surface area contributed by atoms with Crippen molar-refractivity contribution in [1.29, 1.82) is 0 Å². The van der Waals surface area contributed by atoms with Crippen molar-refractivity contribution in [1.82, 2.24) is 0 Å². The molecule has 0 saturated carbocycles. The van der Waals surface area contributed by atoms with Crippen LogP contribution in [0.1, 0.15) is 5.56 Å². The summed E-state index contributed by atoms with van der Waals surface area (Å²) in [6.07, 6.45) is 1.01. The van der Waals surface area contributed by atoms with Gasteiger partial charge in [-0.05, 0) is 30.7 Å². The van der Waals surface area contributed by atoms with Gasteiger partial charge in [-0.1, -0.05) is 12.6 Å². The minimum absolute atomic E-state index is 0.0259. The largest absolute Gasteiger partial charge is 0.321 e. The standard InChI is InChI=1S/C10H11NO4S/c1-3-10(12)11-8-5-4-7(2)6-9(8)16(13,14)15/h3-6H,1H2,2H3,(H,11,12)(H,13,14,15). The zero-order valence-corrected chi connectivity index (χ0v) is 9.41. The van der Waals surface area contributed by atoms with Crippen LogP contribution in [-0.4, -0.2) is 18.9 Å². The summed E-state index contributed by atoms with van der Waals surface area (Å²) in [5, 5.41) is 2.30. The van der Waals surface area contributed by atoms with Gasteiger partial charge in [0.15, 0.2) is 0 Å². The Bertz CT molecular complexity index is 534. The number of nitrogens with one attached hydrogen (secondary N) is 1. The number of anilines is 1. The summed E-state index contributed by atoms with van der Waals surface area (Å²) in [6, 6.07) is 4.29. The fourth-order valence-electron chi connectivity index (χ4n) is 1.13. The number of aryl methyl sites for hydroxylation is 1. The van der Waals surface area contributed by atoms with Crippen molar-refractivity contribution < 1.29 is 17.8 Å². The van der Waals surface area contributed by atoms with Gasteiger partial charge in [0, 0.05) is 0 Å². The molecule has 0 fully saturated rings. The Labute approximate surface area is 93.5 Å². The highest BCUT2D eigenvalue weighted by molar-refractivity contribution is 7.86. The minimum atomic E-state index is -4.36. The Morgan fingerprint density at radius 1 is 1.50 bits per heavy atom. The summed E-state index contributed by atoms with van der Waals surface area (Å²) in [5.74, 6) is -0.547. The highest BCUT2D eigenvalue weighted by atomic mass is 32.2. The molecular weight excluding hydrogens is 230 g/mol. The quantitative estimate of drug-likeness (QED) is 0.618. The first-order valence-corrected chi connectivity index (χ1v) is 5.80. The molecule has 0 aliphatic carbocycles. The lowest BCUT2D eigenvalue weighted by molar-refractivity contribution is -0.111. The van der Waals surface area contributed by atoms with Gasteiger partial charge in [-0.3, -0.25) is 9.35 Å². The molecule has 0 saturated heterocycles. The molecule has 0 bridgehead atoms. The zero-order valence-electron chi connectivity index (χ0n) is 8.60. The number of carbonyl (C=O) groups excluding carboxylic acids is 1. The van der Waals surface area contributed by atoms with E-state index in [2.05, 4.69) is 11.9 Å². The van der Waals surface area contributed by atoms with Crippen molar-refractivity contribution in [2.24, 2.45) is 0 Å². The zero-order chi connectivity index (χ0) is 12.3. The van der Waals surface area contributed by atoms with Gasteiger partial charge in [-0.2, -0.15) is 8.42 Å². The summed E-state index contributed by atoms with van der Waals surface area (Å²) in [6.45, 7) is 4.92. The van der Waals surface area contributed by atoms with E-state index in [1.807, 2.05) is 0 Å². The molecule has 1 aromatic rings. The third-order valence-corrected chi connectivity index (χ3v) is 2.75. The van der Waals surface area contributed by atoms with Crippen LogP contribution in [0.3, 0.4) is 0 Å². The predicted octanol–water partition coefficient (Wildman–Crippen LogP) is 1.37. The number of rotatable bonds is 3. The third kappa shape index (κ3) is 2.91. The van der Waals surface area contributed by atoms with Gasteiger partial charge in [0.2, 0.25) is 5.91 Å². The van der Waals surface area contributed by atoms with E-state index in [9.17, 15) is 13.2 Å². The van der Waals surface area contributed by atoms with Crippen molar-refractivity contribution in [2.45, 2.75) is 11.8 Å². The fourth-order valence-corrected chi connectivity index (χ4v) is 1.86. The summed E-state index contributed by atoms with van der Waals surface area (Å²) in [7, 11) is -4.36. The summed E-state index contributed by atoms with van der Waals surface area (Å²) >= 11 is 0. The van der Waals surface area contributed by atoms with Gasteiger partial charge in [0.1, 0.15) is 4.90 Å². The lowest BCUT2D eigenvalue weighted by Crippen LogP contribution is -2.11. The van der Waals surface area contributed by atoms with Gasteiger partial charge in [-0.25, -0.2) is 0 Å². The molecule has 0 aliphatic rings. The molecule has 5 nitrogen and oxygen atoms in total. The smallest absolute Gasteiger partial charge is 0.296 e. The van der Waals surface area contributed by atoms with Crippen molar-refractivity contribution in [3.05, 3.63) is 36.4 Å². The van der Waals surface area contributed by atoms with E-state index >= 15 is 0 Å². The average molecular weight is 241 g/mol. The van der Waals surface area contributed by atoms with E-state index < -0.39 is 16.0 Å². The second kappa shape index (κ2) is 4.46.